The van der Waals surface area contributed by atoms with Gasteiger partial charge >= 0.3 is 6.61 Å². The molecule has 1 heterocycles. The van der Waals surface area contributed by atoms with E-state index in [4.69, 9.17) is 4.74 Å². The predicted molar refractivity (Wildman–Crippen MR) is 113 cm³/mol. The van der Waals surface area contributed by atoms with Crippen LogP contribution in [-0.4, -0.2) is 48.0 Å². The number of alkyl halides is 2. The average molecular weight is 510 g/mol. The van der Waals surface area contributed by atoms with Crippen molar-refractivity contribution in [2.45, 2.75) is 33.0 Å². The molecule has 28 heavy (non-hydrogen) atoms. The second-order valence-electron chi connectivity index (χ2n) is 5.51. The monoisotopic (exact) mass is 510 g/mol. The third-order valence-electron chi connectivity index (χ3n) is 3.78. The Kier molecular flexibility index (Phi) is 10.5. The highest BCUT2D eigenvalue weighted by Gasteiger charge is 2.11. The number of aliphatic imine (C=N–C) groups is 1. The number of hydrogen-bond acceptors (Lipinski definition) is 5. The molecule has 0 aliphatic rings. The van der Waals surface area contributed by atoms with Crippen molar-refractivity contribution in [1.29, 1.82) is 0 Å². The Labute approximate surface area is 179 Å². The van der Waals surface area contributed by atoms with Gasteiger partial charge in [0.25, 0.3) is 0 Å². The molecule has 0 aliphatic carbocycles. The minimum Gasteiger partial charge on any atom is -0.493 e. The third kappa shape index (κ3) is 7.09. The van der Waals surface area contributed by atoms with Gasteiger partial charge in [0.05, 0.1) is 7.11 Å². The molecule has 0 aliphatic heterocycles. The molecule has 1 aromatic heterocycles. The quantitative estimate of drug-likeness (QED) is 0.307. The largest absolute Gasteiger partial charge is 0.493 e. The molecule has 0 bridgehead atoms. The molecule has 0 spiro atoms. The first kappa shape index (κ1) is 23.9. The summed E-state index contributed by atoms with van der Waals surface area (Å²) in [5.74, 6) is 1.76. The van der Waals surface area contributed by atoms with Gasteiger partial charge in [-0.1, -0.05) is 13.0 Å². The predicted octanol–water partition coefficient (Wildman–Crippen LogP) is 2.43. The van der Waals surface area contributed by atoms with Gasteiger partial charge < -0.3 is 24.7 Å². The lowest BCUT2D eigenvalue weighted by Crippen LogP contribution is -2.38. The number of nitrogens with zero attached hydrogens (tertiary/aromatic N) is 4. The highest BCUT2D eigenvalue weighted by molar-refractivity contribution is 14.0. The van der Waals surface area contributed by atoms with Crippen molar-refractivity contribution in [3.05, 3.63) is 35.9 Å². The average Bonchev–Trinajstić information content (AvgIpc) is 3.11. The lowest BCUT2D eigenvalue weighted by molar-refractivity contribution is -0.0512. The van der Waals surface area contributed by atoms with E-state index in [9.17, 15) is 8.78 Å². The Morgan fingerprint density at radius 2 is 2.07 bits per heavy atom. The molecule has 0 fully saturated rings. The summed E-state index contributed by atoms with van der Waals surface area (Å²) in [7, 11) is 3.06. The zero-order valence-electron chi connectivity index (χ0n) is 16.0. The van der Waals surface area contributed by atoms with Crippen LogP contribution in [0.15, 0.2) is 29.5 Å². The van der Waals surface area contributed by atoms with Crippen LogP contribution in [0.2, 0.25) is 0 Å². The Hall–Kier alpha value is -2.18. The molecule has 8 nitrogen and oxygen atoms in total. The molecule has 0 saturated heterocycles. The van der Waals surface area contributed by atoms with Crippen molar-refractivity contribution in [1.82, 2.24) is 25.4 Å². The van der Waals surface area contributed by atoms with E-state index in [2.05, 4.69) is 30.6 Å². The fourth-order valence-corrected chi connectivity index (χ4v) is 2.46. The zero-order valence-corrected chi connectivity index (χ0v) is 18.3. The first-order valence-corrected chi connectivity index (χ1v) is 8.50. The Balaban J connectivity index is 0.00000392. The first-order valence-electron chi connectivity index (χ1n) is 8.50. The standard InChI is InChI=1S/C17H24F2N6O2.HI/c1-4-15-24-23-11-25(15)8-7-21-17(20-2)22-10-12-5-6-13(26-3)14(9-12)27-16(18)19;/h5-6,9,11,16H,4,7-8,10H2,1-3H3,(H2,20,21,22);1H. The summed E-state index contributed by atoms with van der Waals surface area (Å²) >= 11 is 0. The van der Waals surface area contributed by atoms with Gasteiger partial charge in [0.1, 0.15) is 12.2 Å². The summed E-state index contributed by atoms with van der Waals surface area (Å²) in [5.41, 5.74) is 0.751. The van der Waals surface area contributed by atoms with Crippen LogP contribution in [0.5, 0.6) is 11.5 Å². The highest BCUT2D eigenvalue weighted by Crippen LogP contribution is 2.29. The van der Waals surface area contributed by atoms with E-state index < -0.39 is 6.61 Å². The second kappa shape index (κ2) is 12.3. The van der Waals surface area contributed by atoms with Gasteiger partial charge in [-0.25, -0.2) is 0 Å². The summed E-state index contributed by atoms with van der Waals surface area (Å²) in [6.07, 6.45) is 2.51. The van der Waals surface area contributed by atoms with E-state index in [0.29, 0.717) is 25.6 Å². The summed E-state index contributed by atoms with van der Waals surface area (Å²) in [6, 6.07) is 4.86. The maximum absolute atomic E-state index is 12.5. The molecule has 0 radical (unpaired) electrons. The Morgan fingerprint density at radius 3 is 2.71 bits per heavy atom. The number of guanidine groups is 1. The van der Waals surface area contributed by atoms with Gasteiger partial charge in [0, 0.05) is 33.1 Å². The summed E-state index contributed by atoms with van der Waals surface area (Å²) < 4.78 is 36.5. The number of hydrogen-bond donors (Lipinski definition) is 2. The van der Waals surface area contributed by atoms with Gasteiger partial charge in [0.15, 0.2) is 17.5 Å². The van der Waals surface area contributed by atoms with Gasteiger partial charge in [0.2, 0.25) is 0 Å². The summed E-state index contributed by atoms with van der Waals surface area (Å²) in [4.78, 5) is 4.15. The molecular weight excluding hydrogens is 485 g/mol. The molecule has 2 rings (SSSR count). The van der Waals surface area contributed by atoms with Crippen LogP contribution in [0.1, 0.15) is 18.3 Å². The molecule has 0 unspecified atom stereocenters. The van der Waals surface area contributed by atoms with Crippen LogP contribution in [0.4, 0.5) is 8.78 Å². The van der Waals surface area contributed by atoms with Crippen LogP contribution in [0.3, 0.4) is 0 Å². The third-order valence-corrected chi connectivity index (χ3v) is 3.78. The Bertz CT molecular complexity index is 757. The molecular formula is C17H25F2IN6O2. The molecule has 0 saturated carbocycles. The second-order valence-corrected chi connectivity index (χ2v) is 5.51. The molecule has 156 valence electrons. The first-order chi connectivity index (χ1) is 13.1. The van der Waals surface area contributed by atoms with Crippen molar-refractivity contribution in [3.63, 3.8) is 0 Å². The van der Waals surface area contributed by atoms with Gasteiger partial charge in [-0.2, -0.15) is 8.78 Å². The molecule has 2 N–H and O–H groups in total. The number of methoxy groups -OCH3 is 1. The topological polar surface area (TPSA) is 85.6 Å². The normalized spacial score (nSPS) is 11.1. The van der Waals surface area contributed by atoms with E-state index in [1.807, 2.05) is 11.5 Å². The van der Waals surface area contributed by atoms with Crippen molar-refractivity contribution >= 4 is 29.9 Å². The van der Waals surface area contributed by atoms with Crippen LogP contribution >= 0.6 is 24.0 Å². The lowest BCUT2D eigenvalue weighted by atomic mass is 10.2. The number of halogens is 3. The van der Waals surface area contributed by atoms with E-state index in [-0.39, 0.29) is 35.5 Å². The van der Waals surface area contributed by atoms with Crippen LogP contribution in [0.25, 0.3) is 0 Å². The molecule has 11 heteroatoms. The number of ether oxygens (including phenoxy) is 2. The van der Waals surface area contributed by atoms with Crippen molar-refractivity contribution in [2.75, 3.05) is 20.7 Å². The lowest BCUT2D eigenvalue weighted by Gasteiger charge is -2.14. The van der Waals surface area contributed by atoms with E-state index in [0.717, 1.165) is 17.8 Å². The summed E-state index contributed by atoms with van der Waals surface area (Å²) in [5, 5.41) is 14.2. The number of aromatic nitrogens is 3. The Morgan fingerprint density at radius 1 is 1.29 bits per heavy atom. The minimum absolute atomic E-state index is 0. The highest BCUT2D eigenvalue weighted by atomic mass is 127. The molecule has 0 atom stereocenters. The molecule has 2 aromatic rings. The number of nitrogens with one attached hydrogen (secondary N) is 2. The van der Waals surface area contributed by atoms with Crippen LogP contribution in [-0.2, 0) is 19.5 Å². The van der Waals surface area contributed by atoms with Gasteiger partial charge in [-0.15, -0.1) is 34.2 Å². The molecule has 0 amide bonds. The van der Waals surface area contributed by atoms with Gasteiger partial charge in [-0.05, 0) is 17.7 Å². The number of aryl methyl sites for hydroxylation is 1. The van der Waals surface area contributed by atoms with E-state index in [1.54, 1.807) is 25.5 Å². The molecule has 1 aromatic carbocycles. The van der Waals surface area contributed by atoms with Crippen molar-refractivity contribution in [3.8, 4) is 11.5 Å². The number of benzene rings is 1. The smallest absolute Gasteiger partial charge is 0.387 e. The SMILES string of the molecule is CCc1nncn1CCNC(=NC)NCc1ccc(OC)c(OC(F)F)c1.I. The van der Waals surface area contributed by atoms with Crippen molar-refractivity contribution in [2.24, 2.45) is 4.99 Å². The maximum atomic E-state index is 12.5. The number of rotatable bonds is 9. The van der Waals surface area contributed by atoms with Gasteiger partial charge in [-0.3, -0.25) is 4.99 Å². The van der Waals surface area contributed by atoms with Crippen LogP contribution in [0, 0.1) is 0 Å². The fraction of sp³-hybridized carbons (Fsp3) is 0.471. The summed E-state index contributed by atoms with van der Waals surface area (Å²) in [6.45, 7) is 0.826. The fourth-order valence-electron chi connectivity index (χ4n) is 2.46. The van der Waals surface area contributed by atoms with Crippen molar-refractivity contribution < 1.29 is 18.3 Å². The minimum atomic E-state index is -2.91. The van der Waals surface area contributed by atoms with Crippen LogP contribution < -0.4 is 20.1 Å². The van der Waals surface area contributed by atoms with E-state index in [1.165, 1.54) is 13.2 Å². The zero-order chi connectivity index (χ0) is 19.6. The maximum Gasteiger partial charge on any atom is 0.387 e. The van der Waals surface area contributed by atoms with E-state index >= 15 is 0 Å².